The van der Waals surface area contributed by atoms with E-state index < -0.39 is 6.17 Å². The van der Waals surface area contributed by atoms with Gasteiger partial charge in [0.15, 0.2) is 0 Å². The van der Waals surface area contributed by atoms with Crippen LogP contribution < -0.4 is 5.73 Å². The van der Waals surface area contributed by atoms with Gasteiger partial charge in [0.1, 0.15) is 6.17 Å². The molecule has 0 aliphatic carbocycles. The minimum absolute atomic E-state index is 0.169. The Labute approximate surface area is 73.9 Å². The molecule has 2 N–H and O–H groups in total. The molecule has 3 heteroatoms. The van der Waals surface area contributed by atoms with Gasteiger partial charge in [-0.3, -0.25) is 4.90 Å². The fraction of sp³-hybridized carbons (Fsp3) is 1.00. The summed E-state index contributed by atoms with van der Waals surface area (Å²) < 4.78 is 13.0. The van der Waals surface area contributed by atoms with Crippen molar-refractivity contribution in [1.29, 1.82) is 0 Å². The Hall–Kier alpha value is -0.150. The van der Waals surface area contributed by atoms with Crippen LogP contribution in [-0.2, 0) is 0 Å². The van der Waals surface area contributed by atoms with E-state index in [9.17, 15) is 4.39 Å². The lowest BCUT2D eigenvalue weighted by atomic mass is 9.89. The molecule has 2 nitrogen and oxygen atoms in total. The Balaban J connectivity index is 2.29. The lowest BCUT2D eigenvalue weighted by molar-refractivity contribution is -0.0200. The fourth-order valence-corrected chi connectivity index (χ4v) is 1.48. The van der Waals surface area contributed by atoms with E-state index in [0.717, 1.165) is 13.1 Å². The van der Waals surface area contributed by atoms with Gasteiger partial charge in [-0.25, -0.2) is 4.39 Å². The molecule has 0 aromatic heterocycles. The van der Waals surface area contributed by atoms with Gasteiger partial charge in [0.25, 0.3) is 0 Å². The van der Waals surface area contributed by atoms with Crippen LogP contribution in [0.2, 0.25) is 0 Å². The maximum atomic E-state index is 13.0. The highest BCUT2D eigenvalue weighted by molar-refractivity contribution is 4.91. The first-order chi connectivity index (χ1) is 5.45. The summed E-state index contributed by atoms with van der Waals surface area (Å²) in [5.74, 6) is 0.175. The van der Waals surface area contributed by atoms with Crippen molar-refractivity contribution in [2.45, 2.75) is 32.5 Å². The summed E-state index contributed by atoms with van der Waals surface area (Å²) in [4.78, 5) is 2.28. The van der Waals surface area contributed by atoms with E-state index in [1.54, 1.807) is 0 Å². The Morgan fingerprint density at radius 2 is 2.00 bits per heavy atom. The highest BCUT2D eigenvalue weighted by atomic mass is 19.1. The third-order valence-corrected chi connectivity index (χ3v) is 2.60. The molecule has 0 spiro atoms. The topological polar surface area (TPSA) is 29.3 Å². The maximum absolute atomic E-state index is 13.0. The van der Waals surface area contributed by atoms with E-state index in [-0.39, 0.29) is 18.0 Å². The van der Waals surface area contributed by atoms with Crippen LogP contribution in [-0.4, -0.2) is 36.2 Å². The minimum atomic E-state index is -0.802. The van der Waals surface area contributed by atoms with E-state index in [2.05, 4.69) is 25.7 Å². The van der Waals surface area contributed by atoms with Gasteiger partial charge < -0.3 is 5.73 Å². The van der Waals surface area contributed by atoms with Gasteiger partial charge >= 0.3 is 0 Å². The lowest BCUT2D eigenvalue weighted by Crippen LogP contribution is -2.59. The molecule has 0 amide bonds. The van der Waals surface area contributed by atoms with Gasteiger partial charge in [-0.05, 0) is 20.8 Å². The smallest absolute Gasteiger partial charge is 0.118 e. The van der Waals surface area contributed by atoms with E-state index in [1.165, 1.54) is 0 Å². The zero-order chi connectivity index (χ0) is 9.35. The van der Waals surface area contributed by atoms with Crippen molar-refractivity contribution in [2.24, 2.45) is 11.7 Å². The molecule has 72 valence electrons. The molecule has 1 fully saturated rings. The van der Waals surface area contributed by atoms with Crippen LogP contribution in [0.15, 0.2) is 0 Å². The third kappa shape index (κ3) is 1.96. The Morgan fingerprint density at radius 1 is 1.50 bits per heavy atom. The van der Waals surface area contributed by atoms with Crippen molar-refractivity contribution in [3.8, 4) is 0 Å². The summed E-state index contributed by atoms with van der Waals surface area (Å²) in [6.45, 7) is 8.35. The molecule has 0 aromatic carbocycles. The van der Waals surface area contributed by atoms with Crippen molar-refractivity contribution >= 4 is 0 Å². The lowest BCUT2D eigenvalue weighted by Gasteiger charge is -2.48. The number of halogens is 1. The van der Waals surface area contributed by atoms with Gasteiger partial charge in [-0.15, -0.1) is 0 Å². The molecular formula is C9H19FN2. The van der Waals surface area contributed by atoms with Crippen molar-refractivity contribution in [3.63, 3.8) is 0 Å². The predicted molar refractivity (Wildman–Crippen MR) is 48.8 cm³/mol. The monoisotopic (exact) mass is 174 g/mol. The number of hydrogen-bond acceptors (Lipinski definition) is 2. The van der Waals surface area contributed by atoms with Crippen LogP contribution in [0.4, 0.5) is 4.39 Å². The molecule has 1 saturated heterocycles. The highest BCUT2D eigenvalue weighted by Gasteiger charge is 2.38. The standard InChI is InChI=1S/C9H19FN2/c1-9(2,3)12-5-7(6-12)8(10)4-11/h7-8H,4-6,11H2,1-3H3. The number of alkyl halides is 1. The van der Waals surface area contributed by atoms with E-state index in [0.29, 0.717) is 0 Å². The molecule has 0 bridgehead atoms. The Kier molecular flexibility index (Phi) is 2.74. The van der Waals surface area contributed by atoms with E-state index in [1.807, 2.05) is 0 Å². The van der Waals surface area contributed by atoms with Crippen LogP contribution >= 0.6 is 0 Å². The summed E-state index contributed by atoms with van der Waals surface area (Å²) in [7, 11) is 0. The quantitative estimate of drug-likeness (QED) is 0.677. The first kappa shape index (κ1) is 9.93. The SMILES string of the molecule is CC(C)(C)N1CC(C(F)CN)C1. The summed E-state index contributed by atoms with van der Waals surface area (Å²) in [5.41, 5.74) is 5.43. The van der Waals surface area contributed by atoms with Gasteiger partial charge in [-0.2, -0.15) is 0 Å². The maximum Gasteiger partial charge on any atom is 0.118 e. The first-order valence-electron chi connectivity index (χ1n) is 4.54. The zero-order valence-corrected chi connectivity index (χ0v) is 8.18. The summed E-state index contributed by atoms with van der Waals surface area (Å²) in [5, 5.41) is 0. The van der Waals surface area contributed by atoms with E-state index >= 15 is 0 Å². The first-order valence-corrected chi connectivity index (χ1v) is 4.54. The predicted octanol–water partition coefficient (Wildman–Crippen LogP) is 1.01. The molecule has 1 unspecified atom stereocenters. The minimum Gasteiger partial charge on any atom is -0.328 e. The molecule has 1 atom stereocenters. The van der Waals surface area contributed by atoms with Gasteiger partial charge in [0.2, 0.25) is 0 Å². The van der Waals surface area contributed by atoms with Gasteiger partial charge in [0, 0.05) is 31.1 Å². The number of nitrogens with zero attached hydrogens (tertiary/aromatic N) is 1. The number of nitrogens with two attached hydrogens (primary N) is 1. The summed E-state index contributed by atoms with van der Waals surface area (Å²) in [6.07, 6.45) is -0.802. The molecule has 1 aliphatic rings. The second-order valence-electron chi connectivity index (χ2n) is 4.59. The average Bonchev–Trinajstić information content (AvgIpc) is 1.80. The summed E-state index contributed by atoms with van der Waals surface area (Å²) >= 11 is 0. The van der Waals surface area contributed by atoms with Crippen LogP contribution in [0, 0.1) is 5.92 Å². The number of hydrogen-bond donors (Lipinski definition) is 1. The molecule has 0 radical (unpaired) electrons. The van der Waals surface area contributed by atoms with Crippen molar-refractivity contribution in [1.82, 2.24) is 4.90 Å². The van der Waals surface area contributed by atoms with E-state index in [4.69, 9.17) is 5.73 Å². The molecule has 1 aliphatic heterocycles. The third-order valence-electron chi connectivity index (χ3n) is 2.60. The molecule has 1 rings (SSSR count). The van der Waals surface area contributed by atoms with Gasteiger partial charge in [0.05, 0.1) is 0 Å². The van der Waals surface area contributed by atoms with Crippen molar-refractivity contribution < 1.29 is 4.39 Å². The summed E-state index contributed by atoms with van der Waals surface area (Å²) in [6, 6.07) is 0. The Morgan fingerprint density at radius 3 is 2.33 bits per heavy atom. The molecule has 1 heterocycles. The normalized spacial score (nSPS) is 23.8. The highest BCUT2D eigenvalue weighted by Crippen LogP contribution is 2.28. The molecule has 0 saturated carbocycles. The van der Waals surface area contributed by atoms with Crippen LogP contribution in [0.25, 0.3) is 0 Å². The molecule has 0 aromatic rings. The number of rotatable bonds is 2. The van der Waals surface area contributed by atoms with Crippen LogP contribution in [0.3, 0.4) is 0 Å². The fourth-order valence-electron chi connectivity index (χ4n) is 1.48. The molecular weight excluding hydrogens is 155 g/mol. The second-order valence-corrected chi connectivity index (χ2v) is 4.59. The molecule has 12 heavy (non-hydrogen) atoms. The largest absolute Gasteiger partial charge is 0.328 e. The number of likely N-dealkylation sites (tertiary alicyclic amines) is 1. The van der Waals surface area contributed by atoms with Crippen molar-refractivity contribution in [3.05, 3.63) is 0 Å². The van der Waals surface area contributed by atoms with Crippen LogP contribution in [0.1, 0.15) is 20.8 Å². The Bertz CT molecular complexity index is 147. The average molecular weight is 174 g/mol. The second kappa shape index (κ2) is 3.30. The van der Waals surface area contributed by atoms with Crippen molar-refractivity contribution in [2.75, 3.05) is 19.6 Å². The van der Waals surface area contributed by atoms with Crippen LogP contribution in [0.5, 0.6) is 0 Å². The zero-order valence-electron chi connectivity index (χ0n) is 8.18. The van der Waals surface area contributed by atoms with Gasteiger partial charge in [-0.1, -0.05) is 0 Å².